The number of carbonyl (C=O) groups excluding carboxylic acids is 1. The van der Waals surface area contributed by atoms with Gasteiger partial charge >= 0.3 is 6.03 Å². The number of aromatic amines is 1. The van der Waals surface area contributed by atoms with Crippen molar-refractivity contribution in [3.8, 4) is 0 Å². The minimum absolute atomic E-state index is 0.0748. The number of carbonyl (C=O) groups is 1. The van der Waals surface area contributed by atoms with Crippen molar-refractivity contribution in [1.82, 2.24) is 15.1 Å². The Labute approximate surface area is 118 Å². The molecule has 1 aromatic heterocycles. The first-order chi connectivity index (χ1) is 9.54. The first kappa shape index (κ1) is 14.4. The summed E-state index contributed by atoms with van der Waals surface area (Å²) < 4.78 is 1.05. The van der Waals surface area contributed by atoms with Crippen LogP contribution >= 0.6 is 0 Å². The largest absolute Gasteiger partial charge is 0.343 e. The van der Waals surface area contributed by atoms with Crippen LogP contribution in [0.5, 0.6) is 0 Å². The molecule has 20 heavy (non-hydrogen) atoms. The normalized spacial score (nSPS) is 12.8. The molecule has 2 aromatic rings. The third kappa shape index (κ3) is 2.76. The summed E-state index contributed by atoms with van der Waals surface area (Å²) in [6, 6.07) is 6.79. The van der Waals surface area contributed by atoms with Gasteiger partial charge in [-0.25, -0.2) is 4.79 Å². The number of hydrogen-bond acceptors (Lipinski definition) is 2. The van der Waals surface area contributed by atoms with E-state index < -0.39 is 6.03 Å². The van der Waals surface area contributed by atoms with Gasteiger partial charge in [0, 0.05) is 6.04 Å². The van der Waals surface area contributed by atoms with Gasteiger partial charge in [0.1, 0.15) is 0 Å². The number of para-hydroxylation sites is 1. The summed E-state index contributed by atoms with van der Waals surface area (Å²) in [5, 5.41) is 6.30. The standard InChI is InChI=1S/C15H21N3O2/c1-4-7-12(10(2)3)16-15(20)18-14(19)11-8-5-6-9-13(11)17-18/h5-6,8-10,12,17H,4,7H2,1-3H3,(H,16,20). The zero-order chi connectivity index (χ0) is 14.7. The summed E-state index contributed by atoms with van der Waals surface area (Å²) in [6.45, 7) is 6.21. The van der Waals surface area contributed by atoms with Gasteiger partial charge in [0.25, 0.3) is 5.56 Å². The van der Waals surface area contributed by atoms with Gasteiger partial charge in [-0.2, -0.15) is 4.68 Å². The predicted octanol–water partition coefficient (Wildman–Crippen LogP) is 2.71. The van der Waals surface area contributed by atoms with Crippen LogP contribution in [-0.4, -0.2) is 21.9 Å². The Bertz CT molecular complexity index is 654. The summed E-state index contributed by atoms with van der Waals surface area (Å²) in [7, 11) is 0. The van der Waals surface area contributed by atoms with Crippen molar-refractivity contribution in [2.75, 3.05) is 0 Å². The molecule has 0 fully saturated rings. The second-order valence-corrected chi connectivity index (χ2v) is 5.39. The molecule has 0 aliphatic heterocycles. The number of H-pyrrole nitrogens is 1. The quantitative estimate of drug-likeness (QED) is 0.901. The molecule has 1 unspecified atom stereocenters. The van der Waals surface area contributed by atoms with Crippen LogP contribution < -0.4 is 10.9 Å². The van der Waals surface area contributed by atoms with E-state index in [1.54, 1.807) is 18.2 Å². The van der Waals surface area contributed by atoms with Gasteiger partial charge in [-0.05, 0) is 24.5 Å². The first-order valence-electron chi connectivity index (χ1n) is 7.05. The molecule has 1 aromatic carbocycles. The van der Waals surface area contributed by atoms with Crippen molar-refractivity contribution in [3.05, 3.63) is 34.6 Å². The minimum Gasteiger partial charge on any atom is -0.333 e. The number of benzene rings is 1. The average molecular weight is 275 g/mol. The highest BCUT2D eigenvalue weighted by molar-refractivity contribution is 5.84. The lowest BCUT2D eigenvalue weighted by atomic mass is 10.00. The molecule has 2 rings (SSSR count). The summed E-state index contributed by atoms with van der Waals surface area (Å²) in [6.07, 6.45) is 1.89. The highest BCUT2D eigenvalue weighted by Crippen LogP contribution is 2.09. The summed E-state index contributed by atoms with van der Waals surface area (Å²) >= 11 is 0. The minimum atomic E-state index is -0.390. The maximum Gasteiger partial charge on any atom is 0.343 e. The third-order valence-electron chi connectivity index (χ3n) is 3.51. The molecular weight excluding hydrogens is 254 g/mol. The van der Waals surface area contributed by atoms with Gasteiger partial charge in [0.15, 0.2) is 0 Å². The predicted molar refractivity (Wildman–Crippen MR) is 80.0 cm³/mol. The number of aromatic nitrogens is 2. The van der Waals surface area contributed by atoms with E-state index in [2.05, 4.69) is 31.2 Å². The number of hydrogen-bond donors (Lipinski definition) is 2. The molecule has 0 saturated carbocycles. The van der Waals surface area contributed by atoms with Crippen LogP contribution in [0.15, 0.2) is 29.1 Å². The number of nitrogens with one attached hydrogen (secondary N) is 2. The molecule has 5 heteroatoms. The van der Waals surface area contributed by atoms with Gasteiger partial charge in [-0.15, -0.1) is 0 Å². The lowest BCUT2D eigenvalue weighted by molar-refractivity contribution is 0.229. The van der Waals surface area contributed by atoms with Gasteiger partial charge in [-0.3, -0.25) is 9.89 Å². The number of nitrogens with zero attached hydrogens (tertiary/aromatic N) is 1. The van der Waals surface area contributed by atoms with Crippen LogP contribution in [0, 0.1) is 5.92 Å². The summed E-state index contributed by atoms with van der Waals surface area (Å²) in [5.41, 5.74) is 0.362. The van der Waals surface area contributed by atoms with Crippen molar-refractivity contribution in [2.45, 2.75) is 39.7 Å². The van der Waals surface area contributed by atoms with Crippen LogP contribution in [0.25, 0.3) is 10.9 Å². The van der Waals surface area contributed by atoms with Crippen LogP contribution in [0.4, 0.5) is 4.79 Å². The second kappa shape index (κ2) is 5.94. The van der Waals surface area contributed by atoms with Crippen molar-refractivity contribution >= 4 is 16.9 Å². The van der Waals surface area contributed by atoms with E-state index in [1.165, 1.54) is 0 Å². The van der Waals surface area contributed by atoms with Crippen LogP contribution in [0.3, 0.4) is 0 Å². The first-order valence-corrected chi connectivity index (χ1v) is 7.05. The number of rotatable bonds is 4. The summed E-state index contributed by atoms with van der Waals surface area (Å²) in [4.78, 5) is 24.4. The highest BCUT2D eigenvalue weighted by atomic mass is 16.2. The average Bonchev–Trinajstić information content (AvgIpc) is 2.76. The molecule has 1 atom stereocenters. The molecule has 0 saturated heterocycles. The zero-order valence-corrected chi connectivity index (χ0v) is 12.1. The highest BCUT2D eigenvalue weighted by Gasteiger charge is 2.18. The lowest BCUT2D eigenvalue weighted by Gasteiger charge is -2.21. The van der Waals surface area contributed by atoms with E-state index >= 15 is 0 Å². The number of amides is 1. The van der Waals surface area contributed by atoms with Crippen molar-refractivity contribution < 1.29 is 4.79 Å². The van der Waals surface area contributed by atoms with E-state index in [1.807, 2.05) is 6.07 Å². The van der Waals surface area contributed by atoms with Crippen molar-refractivity contribution in [3.63, 3.8) is 0 Å². The Balaban J connectivity index is 2.27. The van der Waals surface area contributed by atoms with Crippen LogP contribution in [0.1, 0.15) is 33.6 Å². The van der Waals surface area contributed by atoms with Gasteiger partial charge in [0.2, 0.25) is 0 Å². The molecule has 1 amide bonds. The monoisotopic (exact) mass is 275 g/mol. The maximum absolute atomic E-state index is 12.2. The van der Waals surface area contributed by atoms with Crippen LogP contribution in [0.2, 0.25) is 0 Å². The fraction of sp³-hybridized carbons (Fsp3) is 0.467. The number of fused-ring (bicyclic) bond motifs is 1. The molecule has 2 N–H and O–H groups in total. The SMILES string of the molecule is CCCC(NC(=O)n1[nH]c2ccccc2c1=O)C(C)C. The Hall–Kier alpha value is -2.04. The fourth-order valence-electron chi connectivity index (χ4n) is 2.31. The summed E-state index contributed by atoms with van der Waals surface area (Å²) in [5.74, 6) is 0.332. The smallest absolute Gasteiger partial charge is 0.333 e. The fourth-order valence-corrected chi connectivity index (χ4v) is 2.31. The molecule has 0 spiro atoms. The van der Waals surface area contributed by atoms with Gasteiger partial charge in [0.05, 0.1) is 10.9 Å². The lowest BCUT2D eigenvalue weighted by Crippen LogP contribution is -2.43. The Kier molecular flexibility index (Phi) is 4.27. The maximum atomic E-state index is 12.2. The van der Waals surface area contributed by atoms with E-state index in [4.69, 9.17) is 0 Å². The topological polar surface area (TPSA) is 66.9 Å². The van der Waals surface area contributed by atoms with E-state index in [0.717, 1.165) is 17.5 Å². The van der Waals surface area contributed by atoms with Gasteiger partial charge < -0.3 is 5.32 Å². The second-order valence-electron chi connectivity index (χ2n) is 5.39. The van der Waals surface area contributed by atoms with E-state index in [9.17, 15) is 9.59 Å². The Morgan fingerprint density at radius 2 is 2.05 bits per heavy atom. The van der Waals surface area contributed by atoms with Gasteiger partial charge in [-0.1, -0.05) is 39.3 Å². The van der Waals surface area contributed by atoms with Crippen LogP contribution in [-0.2, 0) is 0 Å². The molecule has 0 aliphatic carbocycles. The van der Waals surface area contributed by atoms with E-state index in [-0.39, 0.29) is 11.6 Å². The third-order valence-corrected chi connectivity index (χ3v) is 3.51. The molecular formula is C15H21N3O2. The Morgan fingerprint density at radius 3 is 2.65 bits per heavy atom. The molecule has 0 aliphatic rings. The molecule has 5 nitrogen and oxygen atoms in total. The molecule has 108 valence electrons. The molecule has 1 heterocycles. The van der Waals surface area contributed by atoms with E-state index in [0.29, 0.717) is 16.8 Å². The molecule has 0 bridgehead atoms. The Morgan fingerprint density at radius 1 is 1.35 bits per heavy atom. The van der Waals surface area contributed by atoms with Crippen molar-refractivity contribution in [1.29, 1.82) is 0 Å². The zero-order valence-electron chi connectivity index (χ0n) is 12.1. The molecule has 0 radical (unpaired) electrons. The van der Waals surface area contributed by atoms with Crippen molar-refractivity contribution in [2.24, 2.45) is 5.92 Å².